The molecule has 116 valence electrons. The molecular formula is C17H19BrN2O2. The lowest BCUT2D eigenvalue weighted by molar-refractivity contribution is 0.100. The number of ether oxygens (including phenoxy) is 1. The smallest absolute Gasteiger partial charge is 0.248 e. The Hall–Kier alpha value is -1.85. The summed E-state index contributed by atoms with van der Waals surface area (Å²) < 4.78 is 6.42. The van der Waals surface area contributed by atoms with E-state index in [1.807, 2.05) is 31.3 Å². The number of nitrogens with two attached hydrogens (primary N) is 1. The zero-order valence-electron chi connectivity index (χ0n) is 12.7. The van der Waals surface area contributed by atoms with E-state index in [2.05, 4.69) is 26.9 Å². The van der Waals surface area contributed by atoms with Crippen molar-refractivity contribution >= 4 is 21.8 Å². The van der Waals surface area contributed by atoms with E-state index in [0.29, 0.717) is 5.56 Å². The van der Waals surface area contributed by atoms with Crippen LogP contribution in [-0.4, -0.2) is 25.0 Å². The number of halogens is 1. The number of hydrogen-bond donors (Lipinski definition) is 1. The Kier molecular flexibility index (Phi) is 5.57. The van der Waals surface area contributed by atoms with Gasteiger partial charge >= 0.3 is 0 Å². The number of methoxy groups -OCH3 is 1. The number of carbonyl (C=O) groups excluding carboxylic acids is 1. The predicted octanol–water partition coefficient (Wildman–Crippen LogP) is 3.19. The van der Waals surface area contributed by atoms with Crippen molar-refractivity contribution in [2.75, 3.05) is 14.2 Å². The summed E-state index contributed by atoms with van der Waals surface area (Å²) in [4.78, 5) is 13.3. The first-order valence-corrected chi connectivity index (χ1v) is 7.68. The maximum atomic E-state index is 11.1. The number of carbonyl (C=O) groups is 1. The molecule has 0 unspecified atom stereocenters. The summed E-state index contributed by atoms with van der Waals surface area (Å²) in [6.07, 6.45) is 0. The summed E-state index contributed by atoms with van der Waals surface area (Å²) in [7, 11) is 3.72. The van der Waals surface area contributed by atoms with Crippen LogP contribution in [-0.2, 0) is 13.1 Å². The standard InChI is InChI=1S/C17H19BrN2O2/c1-20(10-12-3-5-13(6-4-12)17(19)21)11-14-9-15(18)7-8-16(14)22-2/h3-9H,10-11H2,1-2H3,(H2,19,21). The van der Waals surface area contributed by atoms with Crippen molar-refractivity contribution < 1.29 is 9.53 Å². The Morgan fingerprint density at radius 2 is 1.86 bits per heavy atom. The van der Waals surface area contributed by atoms with E-state index >= 15 is 0 Å². The Bertz CT molecular complexity index is 656. The Morgan fingerprint density at radius 1 is 1.18 bits per heavy atom. The molecule has 2 rings (SSSR count). The van der Waals surface area contributed by atoms with E-state index in [1.165, 1.54) is 0 Å². The molecule has 0 saturated heterocycles. The van der Waals surface area contributed by atoms with Gasteiger partial charge in [-0.05, 0) is 42.9 Å². The third kappa shape index (κ3) is 4.32. The third-order valence-corrected chi connectivity index (χ3v) is 3.87. The number of rotatable bonds is 6. The van der Waals surface area contributed by atoms with E-state index in [4.69, 9.17) is 10.5 Å². The second kappa shape index (κ2) is 7.42. The third-order valence-electron chi connectivity index (χ3n) is 3.37. The highest BCUT2D eigenvalue weighted by Gasteiger charge is 2.08. The van der Waals surface area contributed by atoms with E-state index in [1.54, 1.807) is 19.2 Å². The van der Waals surface area contributed by atoms with Crippen LogP contribution in [0.25, 0.3) is 0 Å². The zero-order valence-corrected chi connectivity index (χ0v) is 14.3. The maximum absolute atomic E-state index is 11.1. The van der Waals surface area contributed by atoms with Gasteiger partial charge in [-0.25, -0.2) is 0 Å². The molecule has 2 aromatic carbocycles. The average molecular weight is 363 g/mol. The lowest BCUT2D eigenvalue weighted by Crippen LogP contribution is -2.18. The molecule has 0 aliphatic carbocycles. The van der Waals surface area contributed by atoms with Crippen LogP contribution in [0.5, 0.6) is 5.75 Å². The summed E-state index contributed by atoms with van der Waals surface area (Å²) in [5.74, 6) is 0.470. The van der Waals surface area contributed by atoms with Crippen molar-refractivity contribution in [2.24, 2.45) is 5.73 Å². The molecule has 22 heavy (non-hydrogen) atoms. The highest BCUT2D eigenvalue weighted by atomic mass is 79.9. The SMILES string of the molecule is COc1ccc(Br)cc1CN(C)Cc1ccc(C(N)=O)cc1. The minimum Gasteiger partial charge on any atom is -0.496 e. The number of nitrogens with zero attached hydrogens (tertiary/aromatic N) is 1. The number of benzene rings is 2. The largest absolute Gasteiger partial charge is 0.496 e. The molecule has 4 nitrogen and oxygen atoms in total. The Balaban J connectivity index is 2.05. The summed E-state index contributed by atoms with van der Waals surface area (Å²) in [5.41, 5.74) is 8.02. The molecule has 0 spiro atoms. The van der Waals surface area contributed by atoms with Crippen molar-refractivity contribution in [1.82, 2.24) is 4.90 Å². The van der Waals surface area contributed by atoms with Crippen molar-refractivity contribution in [1.29, 1.82) is 0 Å². The Morgan fingerprint density at radius 3 is 2.45 bits per heavy atom. The van der Waals surface area contributed by atoms with Gasteiger partial charge in [0.15, 0.2) is 0 Å². The summed E-state index contributed by atoms with van der Waals surface area (Å²) in [5, 5.41) is 0. The molecule has 0 saturated carbocycles. The lowest BCUT2D eigenvalue weighted by atomic mass is 10.1. The normalized spacial score (nSPS) is 10.7. The number of hydrogen-bond acceptors (Lipinski definition) is 3. The van der Waals surface area contributed by atoms with Gasteiger partial charge in [-0.15, -0.1) is 0 Å². The number of primary amides is 1. The van der Waals surface area contributed by atoms with Gasteiger partial charge in [0.2, 0.25) is 5.91 Å². The molecule has 2 aromatic rings. The molecule has 0 radical (unpaired) electrons. The molecule has 0 aliphatic rings. The second-order valence-electron chi connectivity index (χ2n) is 5.19. The second-order valence-corrected chi connectivity index (χ2v) is 6.11. The van der Waals surface area contributed by atoms with Gasteiger partial charge in [0, 0.05) is 28.7 Å². The zero-order chi connectivity index (χ0) is 16.1. The molecule has 0 heterocycles. The molecule has 1 amide bonds. The summed E-state index contributed by atoms with van der Waals surface area (Å²) in [6, 6.07) is 13.3. The van der Waals surface area contributed by atoms with E-state index in [0.717, 1.165) is 34.4 Å². The van der Waals surface area contributed by atoms with Crippen LogP contribution in [0.15, 0.2) is 46.9 Å². The first kappa shape index (κ1) is 16.5. The van der Waals surface area contributed by atoms with Gasteiger partial charge in [0.25, 0.3) is 0 Å². The van der Waals surface area contributed by atoms with Crippen LogP contribution in [0.2, 0.25) is 0 Å². The lowest BCUT2D eigenvalue weighted by Gasteiger charge is -2.19. The number of amides is 1. The quantitative estimate of drug-likeness (QED) is 0.858. The van der Waals surface area contributed by atoms with E-state index in [-0.39, 0.29) is 0 Å². The molecule has 0 aromatic heterocycles. The average Bonchev–Trinajstić information content (AvgIpc) is 2.48. The van der Waals surface area contributed by atoms with E-state index < -0.39 is 5.91 Å². The van der Waals surface area contributed by atoms with Crippen LogP contribution >= 0.6 is 15.9 Å². The van der Waals surface area contributed by atoms with E-state index in [9.17, 15) is 4.79 Å². The van der Waals surface area contributed by atoms with Crippen LogP contribution in [0.1, 0.15) is 21.5 Å². The van der Waals surface area contributed by atoms with Crippen LogP contribution in [0, 0.1) is 0 Å². The van der Waals surface area contributed by atoms with Gasteiger partial charge in [0.05, 0.1) is 7.11 Å². The first-order valence-electron chi connectivity index (χ1n) is 6.89. The minimum absolute atomic E-state index is 0.404. The van der Waals surface area contributed by atoms with Crippen molar-refractivity contribution in [3.05, 3.63) is 63.6 Å². The van der Waals surface area contributed by atoms with Crippen LogP contribution in [0.4, 0.5) is 0 Å². The summed E-state index contributed by atoms with van der Waals surface area (Å²) >= 11 is 3.49. The minimum atomic E-state index is -0.404. The highest BCUT2D eigenvalue weighted by molar-refractivity contribution is 9.10. The fraction of sp³-hybridized carbons (Fsp3) is 0.235. The van der Waals surface area contributed by atoms with Gasteiger partial charge in [-0.2, -0.15) is 0 Å². The molecule has 0 bridgehead atoms. The molecule has 5 heteroatoms. The van der Waals surface area contributed by atoms with Crippen molar-refractivity contribution in [3.63, 3.8) is 0 Å². The molecule has 0 fully saturated rings. The van der Waals surface area contributed by atoms with Crippen molar-refractivity contribution in [2.45, 2.75) is 13.1 Å². The first-order chi connectivity index (χ1) is 10.5. The van der Waals surface area contributed by atoms with Crippen LogP contribution in [0.3, 0.4) is 0 Å². The Labute approximate surface area is 139 Å². The fourth-order valence-electron chi connectivity index (χ4n) is 2.30. The van der Waals surface area contributed by atoms with Gasteiger partial charge in [-0.1, -0.05) is 28.1 Å². The topological polar surface area (TPSA) is 55.6 Å². The molecular weight excluding hydrogens is 344 g/mol. The maximum Gasteiger partial charge on any atom is 0.248 e. The van der Waals surface area contributed by atoms with Crippen molar-refractivity contribution in [3.8, 4) is 5.75 Å². The monoisotopic (exact) mass is 362 g/mol. The molecule has 2 N–H and O–H groups in total. The highest BCUT2D eigenvalue weighted by Crippen LogP contribution is 2.24. The van der Waals surface area contributed by atoms with Gasteiger partial charge in [-0.3, -0.25) is 9.69 Å². The molecule has 0 aliphatic heterocycles. The predicted molar refractivity (Wildman–Crippen MR) is 90.8 cm³/mol. The van der Waals surface area contributed by atoms with Crippen LogP contribution < -0.4 is 10.5 Å². The molecule has 0 atom stereocenters. The summed E-state index contributed by atoms with van der Waals surface area (Å²) in [6.45, 7) is 1.54. The fourth-order valence-corrected chi connectivity index (χ4v) is 2.71. The van der Waals surface area contributed by atoms with Gasteiger partial charge in [0.1, 0.15) is 5.75 Å². The van der Waals surface area contributed by atoms with Gasteiger partial charge < -0.3 is 10.5 Å².